The zero-order valence-corrected chi connectivity index (χ0v) is 10.8. The molecule has 1 heterocycles. The molecule has 4 unspecified atom stereocenters. The SMILES string of the molecule is COC(=O)NC1C(C)C(=O)OC1C(C)C(=O)OC. The lowest BCUT2D eigenvalue weighted by Gasteiger charge is -2.23. The number of hydrogen-bond acceptors (Lipinski definition) is 6. The average Bonchev–Trinajstić information content (AvgIpc) is 2.64. The normalized spacial score (nSPS) is 28.2. The van der Waals surface area contributed by atoms with E-state index >= 15 is 0 Å². The number of alkyl carbamates (subject to hydrolysis) is 1. The van der Waals surface area contributed by atoms with Crippen LogP contribution in [0.15, 0.2) is 0 Å². The maximum absolute atomic E-state index is 11.5. The molecule has 102 valence electrons. The predicted octanol–water partition coefficient (Wildman–Crippen LogP) is 0.0816. The van der Waals surface area contributed by atoms with Crippen LogP contribution in [0, 0.1) is 11.8 Å². The molecule has 0 saturated carbocycles. The molecular weight excluding hydrogens is 242 g/mol. The topological polar surface area (TPSA) is 90.9 Å². The summed E-state index contributed by atoms with van der Waals surface area (Å²) in [6.07, 6.45) is -1.42. The molecule has 1 amide bonds. The predicted molar refractivity (Wildman–Crippen MR) is 59.6 cm³/mol. The third-order valence-corrected chi connectivity index (χ3v) is 3.05. The minimum absolute atomic E-state index is 0.461. The van der Waals surface area contributed by atoms with E-state index in [9.17, 15) is 14.4 Å². The lowest BCUT2D eigenvalue weighted by Crippen LogP contribution is -2.47. The second kappa shape index (κ2) is 5.70. The van der Waals surface area contributed by atoms with E-state index in [1.165, 1.54) is 14.2 Å². The number of carbonyl (C=O) groups is 3. The van der Waals surface area contributed by atoms with Crippen LogP contribution in [0.2, 0.25) is 0 Å². The minimum Gasteiger partial charge on any atom is -0.469 e. The summed E-state index contributed by atoms with van der Waals surface area (Å²) >= 11 is 0. The number of hydrogen-bond donors (Lipinski definition) is 1. The fourth-order valence-electron chi connectivity index (χ4n) is 1.88. The molecule has 1 aliphatic rings. The van der Waals surface area contributed by atoms with Gasteiger partial charge in [-0.25, -0.2) is 4.79 Å². The van der Waals surface area contributed by atoms with Crippen molar-refractivity contribution in [3.8, 4) is 0 Å². The van der Waals surface area contributed by atoms with E-state index in [-0.39, 0.29) is 0 Å². The first-order valence-corrected chi connectivity index (χ1v) is 5.55. The number of carbonyl (C=O) groups excluding carboxylic acids is 3. The molecule has 0 aromatic rings. The van der Waals surface area contributed by atoms with Crippen molar-refractivity contribution in [2.24, 2.45) is 11.8 Å². The van der Waals surface area contributed by atoms with Gasteiger partial charge in [-0.1, -0.05) is 0 Å². The van der Waals surface area contributed by atoms with E-state index in [1.54, 1.807) is 13.8 Å². The van der Waals surface area contributed by atoms with Crippen molar-refractivity contribution in [3.63, 3.8) is 0 Å². The van der Waals surface area contributed by atoms with E-state index in [0.29, 0.717) is 0 Å². The van der Waals surface area contributed by atoms with Crippen LogP contribution >= 0.6 is 0 Å². The van der Waals surface area contributed by atoms with Gasteiger partial charge in [0.25, 0.3) is 0 Å². The standard InChI is InChI=1S/C11H17NO6/c1-5-7(12-11(15)17-4)8(18-10(5)14)6(2)9(13)16-3/h5-8H,1-4H3,(H,12,15). The molecule has 0 aromatic carbocycles. The lowest BCUT2D eigenvalue weighted by atomic mass is 9.92. The summed E-state index contributed by atoms with van der Waals surface area (Å²) in [5.74, 6) is -2.16. The largest absolute Gasteiger partial charge is 0.469 e. The Morgan fingerprint density at radius 2 is 1.94 bits per heavy atom. The van der Waals surface area contributed by atoms with Gasteiger partial charge in [-0.15, -0.1) is 0 Å². The van der Waals surface area contributed by atoms with Crippen LogP contribution < -0.4 is 5.32 Å². The van der Waals surface area contributed by atoms with Crippen LogP contribution in [0.25, 0.3) is 0 Å². The summed E-state index contributed by atoms with van der Waals surface area (Å²) in [6, 6.07) is -0.612. The number of methoxy groups -OCH3 is 2. The van der Waals surface area contributed by atoms with Crippen molar-refractivity contribution < 1.29 is 28.6 Å². The molecule has 0 aromatic heterocycles. The van der Waals surface area contributed by atoms with Gasteiger partial charge in [-0.2, -0.15) is 0 Å². The fraction of sp³-hybridized carbons (Fsp3) is 0.727. The highest BCUT2D eigenvalue weighted by atomic mass is 16.6. The van der Waals surface area contributed by atoms with Crippen LogP contribution in [-0.4, -0.2) is 44.4 Å². The van der Waals surface area contributed by atoms with Crippen LogP contribution in [0.1, 0.15) is 13.8 Å². The first-order valence-electron chi connectivity index (χ1n) is 5.55. The lowest BCUT2D eigenvalue weighted by molar-refractivity contribution is -0.154. The molecule has 0 spiro atoms. The second-order valence-corrected chi connectivity index (χ2v) is 4.16. The molecule has 0 radical (unpaired) electrons. The van der Waals surface area contributed by atoms with Gasteiger partial charge in [0.05, 0.1) is 32.1 Å². The van der Waals surface area contributed by atoms with Crippen LogP contribution in [0.3, 0.4) is 0 Å². The van der Waals surface area contributed by atoms with E-state index in [0.717, 1.165) is 0 Å². The van der Waals surface area contributed by atoms with Gasteiger partial charge in [0.1, 0.15) is 6.10 Å². The summed E-state index contributed by atoms with van der Waals surface area (Å²) in [4.78, 5) is 34.2. The number of nitrogens with one attached hydrogen (secondary N) is 1. The first-order chi connectivity index (χ1) is 8.42. The highest BCUT2D eigenvalue weighted by Gasteiger charge is 2.47. The summed E-state index contributed by atoms with van der Waals surface area (Å²) in [5, 5.41) is 2.50. The van der Waals surface area contributed by atoms with E-state index in [1.807, 2.05) is 0 Å². The molecule has 0 bridgehead atoms. The number of esters is 2. The maximum Gasteiger partial charge on any atom is 0.407 e. The molecule has 1 saturated heterocycles. The zero-order chi connectivity index (χ0) is 13.9. The quantitative estimate of drug-likeness (QED) is 0.570. The highest BCUT2D eigenvalue weighted by molar-refractivity contribution is 5.80. The van der Waals surface area contributed by atoms with Gasteiger partial charge in [0.15, 0.2) is 0 Å². The molecule has 1 rings (SSSR count). The summed E-state index contributed by atoms with van der Waals surface area (Å²) < 4.78 is 14.2. The van der Waals surface area contributed by atoms with Gasteiger partial charge >= 0.3 is 18.0 Å². The molecule has 0 aliphatic carbocycles. The maximum atomic E-state index is 11.5. The van der Waals surface area contributed by atoms with E-state index in [4.69, 9.17) is 4.74 Å². The van der Waals surface area contributed by atoms with Crippen molar-refractivity contribution >= 4 is 18.0 Å². The Balaban J connectivity index is 2.84. The van der Waals surface area contributed by atoms with Gasteiger partial charge in [-0.05, 0) is 13.8 Å². The zero-order valence-electron chi connectivity index (χ0n) is 10.8. The molecule has 1 N–H and O–H groups in total. The van der Waals surface area contributed by atoms with Crippen LogP contribution in [0.5, 0.6) is 0 Å². The van der Waals surface area contributed by atoms with Gasteiger partial charge in [-0.3, -0.25) is 9.59 Å². The Morgan fingerprint density at radius 3 is 2.44 bits per heavy atom. The Bertz CT molecular complexity index is 355. The third kappa shape index (κ3) is 2.72. The molecule has 7 nitrogen and oxygen atoms in total. The summed E-state index contributed by atoms with van der Waals surface area (Å²) in [5.41, 5.74) is 0. The fourth-order valence-corrected chi connectivity index (χ4v) is 1.88. The van der Waals surface area contributed by atoms with Crippen molar-refractivity contribution in [2.45, 2.75) is 26.0 Å². The van der Waals surface area contributed by atoms with Crippen LogP contribution in [-0.2, 0) is 23.8 Å². The van der Waals surface area contributed by atoms with Crippen molar-refractivity contribution in [1.82, 2.24) is 5.32 Å². The highest BCUT2D eigenvalue weighted by Crippen LogP contribution is 2.27. The van der Waals surface area contributed by atoms with Crippen molar-refractivity contribution in [3.05, 3.63) is 0 Å². The molecule has 1 fully saturated rings. The molecule has 18 heavy (non-hydrogen) atoms. The van der Waals surface area contributed by atoms with Crippen molar-refractivity contribution in [2.75, 3.05) is 14.2 Å². The Hall–Kier alpha value is -1.79. The van der Waals surface area contributed by atoms with Crippen LogP contribution in [0.4, 0.5) is 4.79 Å². The van der Waals surface area contributed by atoms with E-state index in [2.05, 4.69) is 14.8 Å². The Kier molecular flexibility index (Phi) is 4.52. The monoisotopic (exact) mass is 259 g/mol. The van der Waals surface area contributed by atoms with E-state index < -0.39 is 42.0 Å². The second-order valence-electron chi connectivity index (χ2n) is 4.16. The number of rotatable bonds is 3. The number of cyclic esters (lactones) is 1. The molecular formula is C11H17NO6. The minimum atomic E-state index is -0.751. The molecule has 7 heteroatoms. The number of amides is 1. The number of ether oxygens (including phenoxy) is 3. The smallest absolute Gasteiger partial charge is 0.407 e. The summed E-state index contributed by atoms with van der Waals surface area (Å²) in [6.45, 7) is 3.20. The third-order valence-electron chi connectivity index (χ3n) is 3.05. The molecule has 1 aliphatic heterocycles. The Labute approximate surface area is 105 Å². The summed E-state index contributed by atoms with van der Waals surface area (Å²) in [7, 11) is 2.47. The average molecular weight is 259 g/mol. The van der Waals surface area contributed by atoms with Crippen molar-refractivity contribution in [1.29, 1.82) is 0 Å². The van der Waals surface area contributed by atoms with Gasteiger partial charge in [0.2, 0.25) is 0 Å². The Morgan fingerprint density at radius 1 is 1.33 bits per heavy atom. The molecule has 4 atom stereocenters. The van der Waals surface area contributed by atoms with Gasteiger partial charge < -0.3 is 19.5 Å². The van der Waals surface area contributed by atoms with Gasteiger partial charge in [0, 0.05) is 0 Å². The first kappa shape index (κ1) is 14.3.